The molecule has 1 aliphatic rings. The maximum absolute atomic E-state index is 15.1. The van der Waals surface area contributed by atoms with Gasteiger partial charge in [-0.05, 0) is 18.2 Å². The number of rotatable bonds is 2. The molecule has 1 N–H and O–H groups in total. The van der Waals surface area contributed by atoms with Gasteiger partial charge in [-0.25, -0.2) is 9.18 Å². The van der Waals surface area contributed by atoms with Crippen LogP contribution in [0.3, 0.4) is 0 Å². The van der Waals surface area contributed by atoms with Crippen molar-refractivity contribution in [2.75, 3.05) is 29.5 Å². The zero-order chi connectivity index (χ0) is 19.4. The Labute approximate surface area is 167 Å². The number of carboxylic acid groups (broad SMARTS) is 1. The van der Waals surface area contributed by atoms with E-state index in [1.165, 1.54) is 23.5 Å². The standard InChI is InChI=1S/C20H15FN2O3S2/c21-12-10-14-11(9-15(12)22-5-7-27-8-6-22)18(24)17(20(25)26)19-23(14)13-3-1-2-4-16(13)28-19/h1-4,9-10H,5-8H2,(H,25,26). The van der Waals surface area contributed by atoms with E-state index in [1.807, 2.05) is 40.9 Å². The predicted octanol–water partition coefficient (Wildman–Crippen LogP) is 4.06. The number of aromatic carboxylic acids is 1. The summed E-state index contributed by atoms with van der Waals surface area (Å²) < 4.78 is 17.6. The summed E-state index contributed by atoms with van der Waals surface area (Å²) in [5.74, 6) is 0.123. The molecule has 0 saturated carbocycles. The molecule has 0 spiro atoms. The first kappa shape index (κ1) is 17.5. The molecule has 4 aromatic rings. The van der Waals surface area contributed by atoms with Crippen molar-refractivity contribution in [3.05, 3.63) is 58.0 Å². The number of thiazole rings is 1. The Bertz CT molecular complexity index is 1320. The Morgan fingerprint density at radius 1 is 1.11 bits per heavy atom. The van der Waals surface area contributed by atoms with E-state index in [9.17, 15) is 14.7 Å². The number of fused-ring (bicyclic) bond motifs is 5. The van der Waals surface area contributed by atoms with E-state index < -0.39 is 17.2 Å². The number of nitrogens with zero attached hydrogens (tertiary/aromatic N) is 2. The number of hydrogen-bond acceptors (Lipinski definition) is 5. The first-order chi connectivity index (χ1) is 13.6. The van der Waals surface area contributed by atoms with Crippen LogP contribution in [0.25, 0.3) is 25.9 Å². The van der Waals surface area contributed by atoms with Crippen molar-refractivity contribution in [1.29, 1.82) is 0 Å². The molecular formula is C20H15FN2O3S2. The number of benzene rings is 2. The van der Waals surface area contributed by atoms with Crippen molar-refractivity contribution in [3.8, 4) is 0 Å². The zero-order valence-corrected chi connectivity index (χ0v) is 16.3. The van der Waals surface area contributed by atoms with E-state index in [2.05, 4.69) is 0 Å². The fraction of sp³-hybridized carbons (Fsp3) is 0.200. The van der Waals surface area contributed by atoms with E-state index in [-0.39, 0.29) is 10.9 Å². The van der Waals surface area contributed by atoms with Crippen LogP contribution in [0.2, 0.25) is 0 Å². The van der Waals surface area contributed by atoms with Gasteiger partial charge in [-0.3, -0.25) is 9.20 Å². The van der Waals surface area contributed by atoms with Crippen molar-refractivity contribution >= 4 is 60.7 Å². The first-order valence-corrected chi connectivity index (χ1v) is 10.8. The van der Waals surface area contributed by atoms with Gasteiger partial charge in [0.2, 0.25) is 5.43 Å². The summed E-state index contributed by atoms with van der Waals surface area (Å²) in [6.45, 7) is 1.40. The highest BCUT2D eigenvalue weighted by Crippen LogP contribution is 2.33. The molecule has 5 rings (SSSR count). The molecule has 3 heterocycles. The summed E-state index contributed by atoms with van der Waals surface area (Å²) >= 11 is 3.04. The maximum atomic E-state index is 15.1. The minimum atomic E-state index is -1.27. The second-order valence-electron chi connectivity index (χ2n) is 6.64. The highest BCUT2D eigenvalue weighted by Gasteiger charge is 2.24. The van der Waals surface area contributed by atoms with Crippen LogP contribution < -0.4 is 10.3 Å². The molecule has 1 saturated heterocycles. The molecule has 0 unspecified atom stereocenters. The molecule has 0 bridgehead atoms. The SMILES string of the molecule is O=C(O)c1c(=O)c2cc(N3CCSCC3)c(F)cc2n2c1sc1ccccc12. The van der Waals surface area contributed by atoms with Gasteiger partial charge in [0.1, 0.15) is 16.2 Å². The number of hydrogen-bond donors (Lipinski definition) is 1. The molecular weight excluding hydrogens is 399 g/mol. The lowest BCUT2D eigenvalue weighted by Crippen LogP contribution is -2.33. The minimum absolute atomic E-state index is 0.230. The third kappa shape index (κ3) is 2.51. The highest BCUT2D eigenvalue weighted by atomic mass is 32.2. The van der Waals surface area contributed by atoms with Gasteiger partial charge >= 0.3 is 5.97 Å². The van der Waals surface area contributed by atoms with Crippen molar-refractivity contribution in [2.24, 2.45) is 0 Å². The molecule has 1 fully saturated rings. The predicted molar refractivity (Wildman–Crippen MR) is 113 cm³/mol. The lowest BCUT2D eigenvalue weighted by atomic mass is 10.1. The normalized spacial score (nSPS) is 15.0. The van der Waals surface area contributed by atoms with Crippen LogP contribution >= 0.6 is 23.1 Å². The van der Waals surface area contributed by atoms with Gasteiger partial charge in [0, 0.05) is 36.0 Å². The number of para-hydroxylation sites is 1. The van der Waals surface area contributed by atoms with Gasteiger partial charge in [0.05, 0.1) is 21.4 Å². The molecule has 0 atom stereocenters. The van der Waals surface area contributed by atoms with E-state index >= 15 is 4.39 Å². The number of aromatic nitrogens is 1. The number of carbonyl (C=O) groups is 1. The van der Waals surface area contributed by atoms with Crippen LogP contribution in [0.4, 0.5) is 10.1 Å². The van der Waals surface area contributed by atoms with E-state index in [0.717, 1.165) is 21.7 Å². The second kappa shape index (κ2) is 6.49. The van der Waals surface area contributed by atoms with Crippen molar-refractivity contribution in [3.63, 3.8) is 0 Å². The van der Waals surface area contributed by atoms with Gasteiger partial charge < -0.3 is 10.0 Å². The van der Waals surface area contributed by atoms with Crippen molar-refractivity contribution in [1.82, 2.24) is 4.40 Å². The zero-order valence-electron chi connectivity index (χ0n) is 14.6. The first-order valence-electron chi connectivity index (χ1n) is 8.82. The average molecular weight is 414 g/mol. The van der Waals surface area contributed by atoms with Crippen molar-refractivity contribution in [2.45, 2.75) is 0 Å². The third-order valence-electron chi connectivity index (χ3n) is 5.07. The highest BCUT2D eigenvalue weighted by molar-refractivity contribution is 7.99. The second-order valence-corrected chi connectivity index (χ2v) is 8.90. The fourth-order valence-corrected chi connectivity index (χ4v) is 5.87. The summed E-state index contributed by atoms with van der Waals surface area (Å²) in [4.78, 5) is 27.2. The van der Waals surface area contributed by atoms with Crippen LogP contribution in [0.15, 0.2) is 41.2 Å². The van der Waals surface area contributed by atoms with Gasteiger partial charge in [-0.15, -0.1) is 11.3 Å². The van der Waals surface area contributed by atoms with Gasteiger partial charge in [0.15, 0.2) is 0 Å². The molecule has 1 aliphatic heterocycles. The Morgan fingerprint density at radius 2 is 1.86 bits per heavy atom. The Hall–Kier alpha value is -2.58. The van der Waals surface area contributed by atoms with Crippen molar-refractivity contribution < 1.29 is 14.3 Å². The number of halogens is 1. The van der Waals surface area contributed by atoms with E-state index in [4.69, 9.17) is 0 Å². The molecule has 2 aromatic carbocycles. The van der Waals surface area contributed by atoms with Gasteiger partial charge in [-0.2, -0.15) is 11.8 Å². The maximum Gasteiger partial charge on any atom is 0.342 e. The minimum Gasteiger partial charge on any atom is -0.477 e. The number of pyridine rings is 1. The van der Waals surface area contributed by atoms with Crippen LogP contribution in [0.1, 0.15) is 10.4 Å². The lowest BCUT2D eigenvalue weighted by molar-refractivity contribution is 0.0697. The Balaban J connectivity index is 1.93. The van der Waals surface area contributed by atoms with Crippen LogP contribution in [0, 0.1) is 5.82 Å². The number of anilines is 1. The van der Waals surface area contributed by atoms with Crippen LogP contribution in [-0.4, -0.2) is 40.1 Å². The molecule has 28 heavy (non-hydrogen) atoms. The largest absolute Gasteiger partial charge is 0.477 e. The smallest absolute Gasteiger partial charge is 0.342 e. The monoisotopic (exact) mass is 414 g/mol. The number of thioether (sulfide) groups is 1. The molecule has 0 radical (unpaired) electrons. The summed E-state index contributed by atoms with van der Waals surface area (Å²) in [6.07, 6.45) is 0. The Kier molecular flexibility index (Phi) is 4.06. The van der Waals surface area contributed by atoms with Crippen LogP contribution in [-0.2, 0) is 0 Å². The third-order valence-corrected chi connectivity index (χ3v) is 7.16. The quantitative estimate of drug-likeness (QED) is 0.536. The summed E-state index contributed by atoms with van der Waals surface area (Å²) in [5, 5.41) is 9.96. The molecule has 8 heteroatoms. The molecule has 0 amide bonds. The summed E-state index contributed by atoms with van der Waals surface area (Å²) in [6, 6.07) is 10.3. The molecule has 142 valence electrons. The Morgan fingerprint density at radius 3 is 2.61 bits per heavy atom. The lowest BCUT2D eigenvalue weighted by Gasteiger charge is -2.29. The fourth-order valence-electron chi connectivity index (χ4n) is 3.77. The molecule has 5 nitrogen and oxygen atoms in total. The topological polar surface area (TPSA) is 62.0 Å². The van der Waals surface area contributed by atoms with Crippen LogP contribution in [0.5, 0.6) is 0 Å². The summed E-state index contributed by atoms with van der Waals surface area (Å²) in [5.41, 5.74) is 0.689. The van der Waals surface area contributed by atoms with Gasteiger partial charge in [-0.1, -0.05) is 12.1 Å². The summed E-state index contributed by atoms with van der Waals surface area (Å²) in [7, 11) is 0. The van der Waals surface area contributed by atoms with E-state index in [1.54, 1.807) is 4.40 Å². The van der Waals surface area contributed by atoms with Gasteiger partial charge in [0.25, 0.3) is 0 Å². The number of carboxylic acids is 1. The average Bonchev–Trinajstić information content (AvgIpc) is 3.07. The molecule has 0 aliphatic carbocycles. The molecule has 2 aromatic heterocycles. The van der Waals surface area contributed by atoms with E-state index in [0.29, 0.717) is 29.1 Å².